The third-order valence-corrected chi connectivity index (χ3v) is 3.59. The van der Waals surface area contributed by atoms with E-state index in [9.17, 15) is 4.79 Å². The van der Waals surface area contributed by atoms with Crippen molar-refractivity contribution in [2.75, 3.05) is 0 Å². The summed E-state index contributed by atoms with van der Waals surface area (Å²) in [5, 5.41) is 3.05. The molecule has 1 aromatic carbocycles. The Kier molecular flexibility index (Phi) is 6.41. The van der Waals surface area contributed by atoms with Crippen LogP contribution in [0.25, 0.3) is 0 Å². The van der Waals surface area contributed by atoms with Crippen LogP contribution in [-0.2, 0) is 4.79 Å². The number of benzene rings is 1. The maximum atomic E-state index is 11.9. The monoisotopic (exact) mass is 311 g/mol. The maximum absolute atomic E-state index is 11.9. The molecule has 0 spiro atoms. The second kappa shape index (κ2) is 7.57. The molecule has 3 heteroatoms. The van der Waals surface area contributed by atoms with Gasteiger partial charge in [0.25, 0.3) is 0 Å². The van der Waals surface area contributed by atoms with Gasteiger partial charge in [0.05, 0.1) is 6.04 Å². The molecule has 0 aliphatic carbocycles. The highest BCUT2D eigenvalue weighted by Gasteiger charge is 2.12. The minimum absolute atomic E-state index is 0.0689. The van der Waals surface area contributed by atoms with Crippen molar-refractivity contribution in [3.8, 4) is 0 Å². The Morgan fingerprint density at radius 3 is 2.44 bits per heavy atom. The van der Waals surface area contributed by atoms with E-state index in [-0.39, 0.29) is 11.9 Å². The van der Waals surface area contributed by atoms with Gasteiger partial charge >= 0.3 is 0 Å². The molecule has 18 heavy (non-hydrogen) atoms. The van der Waals surface area contributed by atoms with Crippen molar-refractivity contribution in [3.63, 3.8) is 0 Å². The SMILES string of the molecule is CCCC(C)CC(=O)NC(C)c1ccc(Br)cc1. The number of nitrogens with one attached hydrogen (secondary N) is 1. The molecule has 0 bridgehead atoms. The predicted molar refractivity (Wildman–Crippen MR) is 79.4 cm³/mol. The molecular formula is C15H22BrNO. The molecule has 1 N–H and O–H groups in total. The fourth-order valence-electron chi connectivity index (χ4n) is 2.05. The molecule has 1 amide bonds. The Balaban J connectivity index is 2.46. The average molecular weight is 312 g/mol. The molecule has 100 valence electrons. The lowest BCUT2D eigenvalue weighted by Crippen LogP contribution is -2.27. The first-order valence-corrected chi connectivity index (χ1v) is 7.37. The van der Waals surface area contributed by atoms with Crippen LogP contribution < -0.4 is 5.32 Å². The van der Waals surface area contributed by atoms with Crippen molar-refractivity contribution in [2.24, 2.45) is 5.92 Å². The van der Waals surface area contributed by atoms with Gasteiger partial charge in [0.15, 0.2) is 0 Å². The number of amides is 1. The van der Waals surface area contributed by atoms with Crippen molar-refractivity contribution in [2.45, 2.75) is 46.1 Å². The van der Waals surface area contributed by atoms with Gasteiger partial charge in [0.2, 0.25) is 5.91 Å². The average Bonchev–Trinajstić information content (AvgIpc) is 2.29. The fourth-order valence-corrected chi connectivity index (χ4v) is 2.31. The van der Waals surface area contributed by atoms with Gasteiger partial charge in [-0.25, -0.2) is 0 Å². The number of carbonyl (C=O) groups excluding carboxylic acids is 1. The van der Waals surface area contributed by atoms with Crippen LogP contribution in [0.1, 0.15) is 51.6 Å². The van der Waals surface area contributed by atoms with Crippen molar-refractivity contribution in [1.29, 1.82) is 0 Å². The van der Waals surface area contributed by atoms with E-state index in [0.29, 0.717) is 12.3 Å². The third kappa shape index (κ3) is 5.21. The summed E-state index contributed by atoms with van der Waals surface area (Å²) in [6, 6.07) is 8.13. The number of hydrogen-bond acceptors (Lipinski definition) is 1. The van der Waals surface area contributed by atoms with Gasteiger partial charge in [-0.3, -0.25) is 4.79 Å². The largest absolute Gasteiger partial charge is 0.350 e. The molecule has 0 heterocycles. The molecule has 2 nitrogen and oxygen atoms in total. The Bertz CT molecular complexity index is 375. The topological polar surface area (TPSA) is 29.1 Å². The minimum atomic E-state index is 0.0689. The summed E-state index contributed by atoms with van der Waals surface area (Å²) < 4.78 is 1.06. The molecule has 0 aliphatic rings. The molecular weight excluding hydrogens is 290 g/mol. The highest BCUT2D eigenvalue weighted by molar-refractivity contribution is 9.10. The fraction of sp³-hybridized carbons (Fsp3) is 0.533. The highest BCUT2D eigenvalue weighted by atomic mass is 79.9. The van der Waals surface area contributed by atoms with Gasteiger partial charge in [0.1, 0.15) is 0 Å². The van der Waals surface area contributed by atoms with Crippen LogP contribution in [0.4, 0.5) is 0 Å². The van der Waals surface area contributed by atoms with E-state index in [1.54, 1.807) is 0 Å². The zero-order chi connectivity index (χ0) is 13.5. The van der Waals surface area contributed by atoms with Crippen LogP contribution in [-0.4, -0.2) is 5.91 Å². The zero-order valence-electron chi connectivity index (χ0n) is 11.4. The van der Waals surface area contributed by atoms with Gasteiger partial charge in [-0.1, -0.05) is 54.8 Å². The van der Waals surface area contributed by atoms with E-state index < -0.39 is 0 Å². The van der Waals surface area contributed by atoms with Crippen molar-refractivity contribution in [1.82, 2.24) is 5.32 Å². The lowest BCUT2D eigenvalue weighted by Gasteiger charge is -2.16. The minimum Gasteiger partial charge on any atom is -0.350 e. The van der Waals surface area contributed by atoms with Crippen LogP contribution in [0.2, 0.25) is 0 Å². The molecule has 1 aromatic rings. The quantitative estimate of drug-likeness (QED) is 0.826. The van der Waals surface area contributed by atoms with E-state index in [1.165, 1.54) is 0 Å². The normalized spacial score (nSPS) is 14.0. The summed E-state index contributed by atoms with van der Waals surface area (Å²) in [4.78, 5) is 11.9. The summed E-state index contributed by atoms with van der Waals surface area (Å²) >= 11 is 3.41. The van der Waals surface area contributed by atoms with Crippen LogP contribution in [0, 0.1) is 5.92 Å². The summed E-state index contributed by atoms with van der Waals surface area (Å²) in [6.45, 7) is 6.30. The Hall–Kier alpha value is -0.830. The molecule has 0 aliphatic heterocycles. The van der Waals surface area contributed by atoms with Crippen molar-refractivity contribution >= 4 is 21.8 Å². The van der Waals surface area contributed by atoms with E-state index >= 15 is 0 Å². The third-order valence-electron chi connectivity index (χ3n) is 3.06. The number of rotatable bonds is 6. The summed E-state index contributed by atoms with van der Waals surface area (Å²) in [5.74, 6) is 0.610. The van der Waals surface area contributed by atoms with Gasteiger partial charge < -0.3 is 5.32 Å². The number of halogens is 1. The Labute approximate surface area is 118 Å². The number of hydrogen-bond donors (Lipinski definition) is 1. The second-order valence-corrected chi connectivity index (χ2v) is 5.85. The summed E-state index contributed by atoms with van der Waals surface area (Å²) in [7, 11) is 0. The van der Waals surface area contributed by atoms with Crippen molar-refractivity contribution < 1.29 is 4.79 Å². The molecule has 2 atom stereocenters. The predicted octanol–water partition coefficient (Wildman–Crippen LogP) is 4.45. The lowest BCUT2D eigenvalue weighted by atomic mass is 10.0. The van der Waals surface area contributed by atoms with Crippen molar-refractivity contribution in [3.05, 3.63) is 34.3 Å². The zero-order valence-corrected chi connectivity index (χ0v) is 13.0. The molecule has 0 saturated heterocycles. The first-order valence-electron chi connectivity index (χ1n) is 6.57. The van der Waals surface area contributed by atoms with Crippen LogP contribution in [0.3, 0.4) is 0 Å². The number of carbonyl (C=O) groups is 1. The van der Waals surface area contributed by atoms with E-state index in [2.05, 4.69) is 35.1 Å². The van der Waals surface area contributed by atoms with Crippen LogP contribution >= 0.6 is 15.9 Å². The Morgan fingerprint density at radius 2 is 1.89 bits per heavy atom. The smallest absolute Gasteiger partial charge is 0.220 e. The van der Waals surface area contributed by atoms with Gasteiger partial charge in [-0.05, 0) is 30.5 Å². The first-order chi connectivity index (χ1) is 8.52. The lowest BCUT2D eigenvalue weighted by molar-refractivity contribution is -0.122. The van der Waals surface area contributed by atoms with E-state index in [0.717, 1.165) is 22.9 Å². The first kappa shape index (κ1) is 15.2. The summed E-state index contributed by atoms with van der Waals surface area (Å²) in [6.07, 6.45) is 2.87. The molecule has 0 fully saturated rings. The molecule has 0 saturated carbocycles. The van der Waals surface area contributed by atoms with E-state index in [1.807, 2.05) is 31.2 Å². The molecule has 0 radical (unpaired) electrons. The molecule has 0 aromatic heterocycles. The maximum Gasteiger partial charge on any atom is 0.220 e. The van der Waals surface area contributed by atoms with Gasteiger partial charge in [-0.2, -0.15) is 0 Å². The van der Waals surface area contributed by atoms with Gasteiger partial charge in [0, 0.05) is 10.9 Å². The van der Waals surface area contributed by atoms with E-state index in [4.69, 9.17) is 0 Å². The van der Waals surface area contributed by atoms with Gasteiger partial charge in [-0.15, -0.1) is 0 Å². The second-order valence-electron chi connectivity index (χ2n) is 4.94. The highest BCUT2D eigenvalue weighted by Crippen LogP contribution is 2.17. The molecule has 1 rings (SSSR count). The summed E-state index contributed by atoms with van der Waals surface area (Å²) in [5.41, 5.74) is 1.13. The van der Waals surface area contributed by atoms with Crippen LogP contribution in [0.15, 0.2) is 28.7 Å². The standard InChI is InChI=1S/C15H22BrNO/c1-4-5-11(2)10-15(18)17-12(3)13-6-8-14(16)9-7-13/h6-9,11-12H,4-5,10H2,1-3H3,(H,17,18). The molecule has 2 unspecified atom stereocenters. The van der Waals surface area contributed by atoms with Crippen LogP contribution in [0.5, 0.6) is 0 Å². The Morgan fingerprint density at radius 1 is 1.28 bits per heavy atom.